The molecule has 0 saturated carbocycles. The second kappa shape index (κ2) is 9.27. The number of ether oxygens (including phenoxy) is 1. The van der Waals surface area contributed by atoms with Crippen molar-refractivity contribution in [3.05, 3.63) is 59.7 Å². The molecular weight excluding hydrogens is 409 g/mol. The summed E-state index contributed by atoms with van der Waals surface area (Å²) in [5.41, 5.74) is -0.0620. The molecular formula is C19H21F3N2O4S. The number of hydrogen-bond donors (Lipinski definition) is 1. The van der Waals surface area contributed by atoms with Gasteiger partial charge in [-0.3, -0.25) is 4.79 Å². The van der Waals surface area contributed by atoms with E-state index in [1.165, 1.54) is 11.9 Å². The topological polar surface area (TPSA) is 75.7 Å². The van der Waals surface area contributed by atoms with Gasteiger partial charge in [-0.2, -0.15) is 13.2 Å². The number of sulfonamides is 1. The summed E-state index contributed by atoms with van der Waals surface area (Å²) >= 11 is 0. The molecule has 0 aromatic heterocycles. The lowest BCUT2D eigenvalue weighted by Gasteiger charge is -2.18. The Hall–Kier alpha value is -2.59. The second-order valence-corrected chi connectivity index (χ2v) is 8.10. The Balaban J connectivity index is 1.88. The van der Waals surface area contributed by atoms with E-state index in [0.717, 1.165) is 23.8 Å². The summed E-state index contributed by atoms with van der Waals surface area (Å²) < 4.78 is 70.2. The first-order valence-corrected chi connectivity index (χ1v) is 10.1. The van der Waals surface area contributed by atoms with Gasteiger partial charge in [0.15, 0.2) is 0 Å². The van der Waals surface area contributed by atoms with Crippen LogP contribution in [0.5, 0.6) is 5.75 Å². The van der Waals surface area contributed by atoms with Gasteiger partial charge in [0, 0.05) is 7.05 Å². The molecule has 6 nitrogen and oxygen atoms in total. The highest BCUT2D eigenvalue weighted by molar-refractivity contribution is 7.89. The largest absolute Gasteiger partial charge is 0.492 e. The highest BCUT2D eigenvalue weighted by Crippen LogP contribution is 2.30. The van der Waals surface area contributed by atoms with Gasteiger partial charge >= 0.3 is 6.18 Å². The lowest BCUT2D eigenvalue weighted by molar-refractivity contribution is -0.137. The normalized spacial score (nSPS) is 11.9. The average Bonchev–Trinajstić information content (AvgIpc) is 2.65. The van der Waals surface area contributed by atoms with Crippen LogP contribution in [0.1, 0.15) is 11.1 Å². The zero-order valence-corrected chi connectivity index (χ0v) is 16.7. The Kier molecular flexibility index (Phi) is 7.26. The van der Waals surface area contributed by atoms with E-state index in [-0.39, 0.29) is 13.2 Å². The van der Waals surface area contributed by atoms with Crippen LogP contribution in [0.2, 0.25) is 0 Å². The number of carbonyl (C=O) groups is 1. The number of benzene rings is 2. The standard InChI is InChI=1S/C19H21F3N2O4S/c1-14-5-3-7-16(11-14)28-10-9-24(2)18(25)13-23-29(26,27)17-8-4-6-15(12-17)19(20,21)22/h3-8,11-12,23H,9-10,13H2,1-2H3. The van der Waals surface area contributed by atoms with Crippen molar-refractivity contribution in [1.82, 2.24) is 9.62 Å². The summed E-state index contributed by atoms with van der Waals surface area (Å²) in [6.07, 6.45) is -4.67. The minimum Gasteiger partial charge on any atom is -0.492 e. The number of aryl methyl sites for hydroxylation is 1. The van der Waals surface area contributed by atoms with E-state index < -0.39 is 39.1 Å². The molecule has 0 aliphatic heterocycles. The fraction of sp³-hybridized carbons (Fsp3) is 0.316. The van der Waals surface area contributed by atoms with Crippen LogP contribution in [-0.2, 0) is 21.0 Å². The van der Waals surface area contributed by atoms with Gasteiger partial charge in [-0.15, -0.1) is 0 Å². The van der Waals surface area contributed by atoms with Crippen LogP contribution in [0.3, 0.4) is 0 Å². The summed E-state index contributed by atoms with van der Waals surface area (Å²) in [4.78, 5) is 12.8. The van der Waals surface area contributed by atoms with Crippen molar-refractivity contribution < 1.29 is 31.1 Å². The van der Waals surface area contributed by atoms with Gasteiger partial charge in [-0.25, -0.2) is 13.1 Å². The molecule has 0 aliphatic carbocycles. The highest BCUT2D eigenvalue weighted by atomic mass is 32.2. The Bertz CT molecular complexity index is 962. The van der Waals surface area contributed by atoms with Crippen LogP contribution in [-0.4, -0.2) is 46.0 Å². The molecule has 0 atom stereocenters. The molecule has 1 N–H and O–H groups in total. The SMILES string of the molecule is Cc1cccc(OCCN(C)C(=O)CNS(=O)(=O)c2cccc(C(F)(F)F)c2)c1. The fourth-order valence-corrected chi connectivity index (χ4v) is 3.36. The molecule has 2 aromatic rings. The Morgan fingerprint density at radius 3 is 2.48 bits per heavy atom. The van der Waals surface area contributed by atoms with Gasteiger partial charge in [0.1, 0.15) is 12.4 Å². The number of carbonyl (C=O) groups excluding carboxylic acids is 1. The molecule has 2 aromatic carbocycles. The number of hydrogen-bond acceptors (Lipinski definition) is 4. The average molecular weight is 430 g/mol. The van der Waals surface area contributed by atoms with E-state index in [0.29, 0.717) is 11.8 Å². The molecule has 1 amide bonds. The van der Waals surface area contributed by atoms with Crippen LogP contribution < -0.4 is 9.46 Å². The molecule has 2 rings (SSSR count). The maximum absolute atomic E-state index is 12.8. The van der Waals surface area contributed by atoms with Gasteiger partial charge in [-0.1, -0.05) is 18.2 Å². The van der Waals surface area contributed by atoms with Crippen molar-refractivity contribution >= 4 is 15.9 Å². The predicted octanol–water partition coefficient (Wildman–Crippen LogP) is 2.83. The van der Waals surface area contributed by atoms with Crippen molar-refractivity contribution in [2.75, 3.05) is 26.7 Å². The van der Waals surface area contributed by atoms with Gasteiger partial charge < -0.3 is 9.64 Å². The maximum atomic E-state index is 12.8. The van der Waals surface area contributed by atoms with Gasteiger partial charge in [0.2, 0.25) is 15.9 Å². The van der Waals surface area contributed by atoms with Gasteiger partial charge in [0.25, 0.3) is 0 Å². The third-order valence-corrected chi connectivity index (χ3v) is 5.39. The highest BCUT2D eigenvalue weighted by Gasteiger charge is 2.31. The van der Waals surface area contributed by atoms with Crippen LogP contribution in [0.25, 0.3) is 0 Å². The molecule has 0 fully saturated rings. The number of nitrogens with zero attached hydrogens (tertiary/aromatic N) is 1. The minimum absolute atomic E-state index is 0.200. The quantitative estimate of drug-likeness (QED) is 0.699. The van der Waals surface area contributed by atoms with Crippen LogP contribution in [0.4, 0.5) is 13.2 Å². The Labute approximate surface area is 167 Å². The summed E-state index contributed by atoms with van der Waals surface area (Å²) in [5, 5.41) is 0. The second-order valence-electron chi connectivity index (χ2n) is 6.33. The van der Waals surface area contributed by atoms with E-state index in [1.54, 1.807) is 6.07 Å². The van der Waals surface area contributed by atoms with Crippen molar-refractivity contribution in [2.24, 2.45) is 0 Å². The van der Waals surface area contributed by atoms with E-state index in [4.69, 9.17) is 4.74 Å². The Morgan fingerprint density at radius 1 is 1.14 bits per heavy atom. The molecule has 0 spiro atoms. The zero-order chi connectivity index (χ0) is 21.7. The number of alkyl halides is 3. The molecule has 158 valence electrons. The molecule has 10 heteroatoms. The number of halogens is 3. The first kappa shape index (κ1) is 22.7. The molecule has 0 unspecified atom stereocenters. The van der Waals surface area contributed by atoms with E-state index in [1.807, 2.05) is 29.8 Å². The summed E-state index contributed by atoms with van der Waals surface area (Å²) in [6.45, 7) is 1.74. The summed E-state index contributed by atoms with van der Waals surface area (Å²) in [5.74, 6) is 0.101. The van der Waals surface area contributed by atoms with Gasteiger partial charge in [0.05, 0.1) is 23.5 Å². The smallest absolute Gasteiger partial charge is 0.416 e. The molecule has 0 radical (unpaired) electrons. The van der Waals surface area contributed by atoms with Crippen molar-refractivity contribution in [3.63, 3.8) is 0 Å². The van der Waals surface area contributed by atoms with Crippen LogP contribution in [0, 0.1) is 6.92 Å². The Morgan fingerprint density at radius 2 is 1.83 bits per heavy atom. The third-order valence-electron chi connectivity index (χ3n) is 4.00. The summed E-state index contributed by atoms with van der Waals surface area (Å²) in [6, 6.07) is 10.7. The predicted molar refractivity (Wildman–Crippen MR) is 101 cm³/mol. The third kappa shape index (κ3) is 6.75. The van der Waals surface area contributed by atoms with Gasteiger partial charge in [-0.05, 0) is 42.8 Å². The lowest BCUT2D eigenvalue weighted by atomic mass is 10.2. The van der Waals surface area contributed by atoms with E-state index in [2.05, 4.69) is 0 Å². The van der Waals surface area contributed by atoms with E-state index in [9.17, 15) is 26.4 Å². The molecule has 0 saturated heterocycles. The van der Waals surface area contributed by atoms with Crippen molar-refractivity contribution in [3.8, 4) is 5.75 Å². The molecule has 0 heterocycles. The zero-order valence-electron chi connectivity index (χ0n) is 15.9. The first-order valence-electron chi connectivity index (χ1n) is 8.59. The van der Waals surface area contributed by atoms with Crippen molar-refractivity contribution in [2.45, 2.75) is 18.0 Å². The minimum atomic E-state index is -4.67. The maximum Gasteiger partial charge on any atom is 0.416 e. The number of likely N-dealkylation sites (N-methyl/N-ethyl adjacent to an activating group) is 1. The molecule has 29 heavy (non-hydrogen) atoms. The molecule has 0 aliphatic rings. The number of nitrogens with one attached hydrogen (secondary N) is 1. The fourth-order valence-electron chi connectivity index (χ4n) is 2.34. The molecule has 0 bridgehead atoms. The van der Waals surface area contributed by atoms with E-state index >= 15 is 0 Å². The number of rotatable bonds is 8. The first-order chi connectivity index (χ1) is 13.5. The number of amides is 1. The van der Waals surface area contributed by atoms with Crippen LogP contribution in [0.15, 0.2) is 53.4 Å². The summed E-state index contributed by atoms with van der Waals surface area (Å²) in [7, 11) is -2.80. The lowest BCUT2D eigenvalue weighted by Crippen LogP contribution is -2.39. The van der Waals surface area contributed by atoms with Crippen LogP contribution >= 0.6 is 0 Å². The monoisotopic (exact) mass is 430 g/mol. The van der Waals surface area contributed by atoms with Crippen molar-refractivity contribution in [1.29, 1.82) is 0 Å².